The minimum absolute atomic E-state index is 0.463. The summed E-state index contributed by atoms with van der Waals surface area (Å²) >= 11 is 0. The van der Waals surface area contributed by atoms with E-state index in [1.807, 2.05) is 30.5 Å². The van der Waals surface area contributed by atoms with Crippen molar-refractivity contribution in [3.8, 4) is 5.75 Å². The van der Waals surface area contributed by atoms with Gasteiger partial charge in [0.25, 0.3) is 0 Å². The summed E-state index contributed by atoms with van der Waals surface area (Å²) in [5, 5.41) is 0. The van der Waals surface area contributed by atoms with Crippen LogP contribution in [0.3, 0.4) is 0 Å². The average Bonchev–Trinajstić information content (AvgIpc) is 2.15. The van der Waals surface area contributed by atoms with Crippen LogP contribution in [0.2, 0.25) is 0 Å². The lowest BCUT2D eigenvalue weighted by Crippen LogP contribution is -1.87. The number of ether oxygens (including phenoxy) is 1. The third-order valence-corrected chi connectivity index (χ3v) is 1.60. The van der Waals surface area contributed by atoms with Crippen molar-refractivity contribution in [1.29, 1.82) is 0 Å². The molecule has 0 saturated heterocycles. The predicted molar refractivity (Wildman–Crippen MR) is 56.0 cm³/mol. The van der Waals surface area contributed by atoms with Crippen LogP contribution in [-0.4, -0.2) is 13.3 Å². The Labute approximate surface area is 79.3 Å². The summed E-state index contributed by atoms with van der Waals surface area (Å²) in [6.07, 6.45) is 1.91. The van der Waals surface area contributed by atoms with E-state index in [4.69, 9.17) is 4.74 Å². The fourth-order valence-corrected chi connectivity index (χ4v) is 0.966. The van der Waals surface area contributed by atoms with Gasteiger partial charge in [-0.1, -0.05) is 26.0 Å². The highest BCUT2D eigenvalue weighted by atomic mass is 16.5. The molecule has 0 saturated carbocycles. The summed E-state index contributed by atoms with van der Waals surface area (Å²) < 4.78 is 5.16. The van der Waals surface area contributed by atoms with Gasteiger partial charge in [0, 0.05) is 6.21 Å². The number of rotatable bonds is 3. The molecule has 0 aliphatic carbocycles. The quantitative estimate of drug-likeness (QED) is 0.650. The lowest BCUT2D eigenvalue weighted by Gasteiger charge is -2.02. The monoisotopic (exact) mass is 177 g/mol. The highest BCUT2D eigenvalue weighted by Crippen LogP contribution is 2.25. The van der Waals surface area contributed by atoms with E-state index in [1.165, 1.54) is 0 Å². The second kappa shape index (κ2) is 4.65. The molecule has 0 aliphatic heterocycles. The topological polar surface area (TPSA) is 21.6 Å². The van der Waals surface area contributed by atoms with Gasteiger partial charge < -0.3 is 4.74 Å². The van der Waals surface area contributed by atoms with Gasteiger partial charge in [-0.15, -0.1) is 0 Å². The number of hydrogen-bond acceptors (Lipinski definition) is 2. The summed E-state index contributed by atoms with van der Waals surface area (Å²) in [4.78, 5) is 4.33. The molecule has 0 unspecified atom stereocenters. The van der Waals surface area contributed by atoms with Crippen molar-refractivity contribution in [2.75, 3.05) is 7.11 Å². The van der Waals surface area contributed by atoms with Crippen LogP contribution in [0.15, 0.2) is 29.3 Å². The maximum atomic E-state index is 5.16. The van der Waals surface area contributed by atoms with E-state index in [2.05, 4.69) is 18.8 Å². The van der Waals surface area contributed by atoms with Gasteiger partial charge in [-0.25, -0.2) is 0 Å². The molecule has 1 aromatic rings. The first-order valence-electron chi connectivity index (χ1n) is 4.41. The predicted octanol–water partition coefficient (Wildman–Crippen LogP) is 3.05. The van der Waals surface area contributed by atoms with Gasteiger partial charge in [0.1, 0.15) is 11.4 Å². The van der Waals surface area contributed by atoms with Crippen LogP contribution in [0.4, 0.5) is 5.69 Å². The molecule has 0 radical (unpaired) electrons. The zero-order valence-corrected chi connectivity index (χ0v) is 8.32. The Balaban J connectivity index is 2.87. The first-order valence-corrected chi connectivity index (χ1v) is 4.41. The van der Waals surface area contributed by atoms with Crippen LogP contribution < -0.4 is 4.74 Å². The Morgan fingerprint density at radius 2 is 2.00 bits per heavy atom. The molecular formula is C11H15NO. The molecule has 0 aromatic heterocycles. The molecular weight excluding hydrogens is 162 g/mol. The lowest BCUT2D eigenvalue weighted by atomic mass is 10.2. The molecule has 13 heavy (non-hydrogen) atoms. The molecule has 1 rings (SSSR count). The van der Waals surface area contributed by atoms with E-state index in [-0.39, 0.29) is 0 Å². The van der Waals surface area contributed by atoms with Gasteiger partial charge in [-0.05, 0) is 18.1 Å². The number of nitrogens with zero attached hydrogens (tertiary/aromatic N) is 1. The first-order chi connectivity index (χ1) is 6.24. The second-order valence-electron chi connectivity index (χ2n) is 3.19. The van der Waals surface area contributed by atoms with Crippen LogP contribution >= 0.6 is 0 Å². The molecule has 0 bridgehead atoms. The molecule has 0 amide bonds. The number of hydrogen-bond donors (Lipinski definition) is 0. The number of benzene rings is 1. The minimum atomic E-state index is 0.463. The van der Waals surface area contributed by atoms with Crippen molar-refractivity contribution in [2.24, 2.45) is 10.9 Å². The highest BCUT2D eigenvalue weighted by Gasteiger charge is 1.97. The third-order valence-electron chi connectivity index (χ3n) is 1.60. The van der Waals surface area contributed by atoms with Crippen molar-refractivity contribution in [1.82, 2.24) is 0 Å². The maximum absolute atomic E-state index is 5.16. The molecule has 0 fully saturated rings. The molecule has 2 heteroatoms. The second-order valence-corrected chi connectivity index (χ2v) is 3.19. The highest BCUT2D eigenvalue weighted by molar-refractivity contribution is 5.67. The molecule has 0 spiro atoms. The zero-order valence-electron chi connectivity index (χ0n) is 8.32. The molecule has 1 aromatic carbocycles. The summed E-state index contributed by atoms with van der Waals surface area (Å²) in [6, 6.07) is 7.74. The van der Waals surface area contributed by atoms with E-state index in [0.717, 1.165) is 11.4 Å². The van der Waals surface area contributed by atoms with Gasteiger partial charge >= 0.3 is 0 Å². The minimum Gasteiger partial charge on any atom is -0.494 e. The molecule has 0 heterocycles. The van der Waals surface area contributed by atoms with Gasteiger partial charge in [0.15, 0.2) is 0 Å². The van der Waals surface area contributed by atoms with Crippen LogP contribution in [0.1, 0.15) is 13.8 Å². The van der Waals surface area contributed by atoms with Crippen molar-refractivity contribution in [3.63, 3.8) is 0 Å². The first kappa shape index (κ1) is 9.78. The Morgan fingerprint density at radius 1 is 1.31 bits per heavy atom. The number of methoxy groups -OCH3 is 1. The SMILES string of the molecule is COc1ccccc1N=CC(C)C. The Morgan fingerprint density at radius 3 is 2.62 bits per heavy atom. The smallest absolute Gasteiger partial charge is 0.144 e. The summed E-state index contributed by atoms with van der Waals surface area (Å²) in [7, 11) is 1.66. The Bertz CT molecular complexity index is 292. The van der Waals surface area contributed by atoms with E-state index >= 15 is 0 Å². The summed E-state index contributed by atoms with van der Waals surface area (Å²) in [5.74, 6) is 1.28. The van der Waals surface area contributed by atoms with Crippen molar-refractivity contribution >= 4 is 11.9 Å². The van der Waals surface area contributed by atoms with Crippen LogP contribution in [0.5, 0.6) is 5.75 Å². The van der Waals surface area contributed by atoms with E-state index < -0.39 is 0 Å². The largest absolute Gasteiger partial charge is 0.494 e. The van der Waals surface area contributed by atoms with Crippen molar-refractivity contribution < 1.29 is 4.74 Å². The van der Waals surface area contributed by atoms with E-state index in [0.29, 0.717) is 5.92 Å². The van der Waals surface area contributed by atoms with Crippen molar-refractivity contribution in [2.45, 2.75) is 13.8 Å². The standard InChI is InChI=1S/C11H15NO/c1-9(2)8-12-10-6-4-5-7-11(10)13-3/h4-9H,1-3H3. The van der Waals surface area contributed by atoms with Gasteiger partial charge in [-0.2, -0.15) is 0 Å². The van der Waals surface area contributed by atoms with E-state index in [9.17, 15) is 0 Å². The molecule has 0 N–H and O–H groups in total. The van der Waals surface area contributed by atoms with E-state index in [1.54, 1.807) is 7.11 Å². The number of aliphatic imine (C=N–C) groups is 1. The molecule has 70 valence electrons. The number of para-hydroxylation sites is 2. The van der Waals surface area contributed by atoms with Crippen LogP contribution in [0, 0.1) is 5.92 Å². The maximum Gasteiger partial charge on any atom is 0.144 e. The van der Waals surface area contributed by atoms with Crippen molar-refractivity contribution in [3.05, 3.63) is 24.3 Å². The lowest BCUT2D eigenvalue weighted by molar-refractivity contribution is 0.416. The van der Waals surface area contributed by atoms with Crippen LogP contribution in [-0.2, 0) is 0 Å². The normalized spacial score (nSPS) is 11.1. The van der Waals surface area contributed by atoms with Crippen LogP contribution in [0.25, 0.3) is 0 Å². The molecule has 2 nitrogen and oxygen atoms in total. The van der Waals surface area contributed by atoms with Gasteiger partial charge in [0.2, 0.25) is 0 Å². The Kier molecular flexibility index (Phi) is 3.50. The third kappa shape index (κ3) is 2.90. The Hall–Kier alpha value is -1.31. The fourth-order valence-electron chi connectivity index (χ4n) is 0.966. The molecule has 0 aliphatic rings. The van der Waals surface area contributed by atoms with Gasteiger partial charge in [-0.3, -0.25) is 4.99 Å². The summed E-state index contributed by atoms with van der Waals surface area (Å²) in [5.41, 5.74) is 0.888. The molecule has 0 atom stereocenters. The van der Waals surface area contributed by atoms with Gasteiger partial charge in [0.05, 0.1) is 7.11 Å². The average molecular weight is 177 g/mol. The summed E-state index contributed by atoms with van der Waals surface area (Å²) in [6.45, 7) is 4.19. The fraction of sp³-hybridized carbons (Fsp3) is 0.364. The zero-order chi connectivity index (χ0) is 9.68.